The SMILES string of the molecule is O=C(COCC(F)(F)F)NC(Cc1c[nH]c2ccccc12)C(=O)O. The smallest absolute Gasteiger partial charge is 0.411 e. The van der Waals surface area contributed by atoms with Crippen LogP contribution < -0.4 is 5.32 Å². The van der Waals surface area contributed by atoms with Gasteiger partial charge in [-0.1, -0.05) is 18.2 Å². The van der Waals surface area contributed by atoms with Gasteiger partial charge < -0.3 is 20.1 Å². The number of benzene rings is 1. The van der Waals surface area contributed by atoms with Gasteiger partial charge in [-0.05, 0) is 11.6 Å². The minimum absolute atomic E-state index is 0.00957. The number of alkyl halides is 3. The van der Waals surface area contributed by atoms with Crippen molar-refractivity contribution < 1.29 is 32.6 Å². The molecule has 0 spiro atoms. The van der Waals surface area contributed by atoms with Gasteiger partial charge in [0.25, 0.3) is 0 Å². The van der Waals surface area contributed by atoms with E-state index in [1.54, 1.807) is 18.3 Å². The van der Waals surface area contributed by atoms with Gasteiger partial charge >= 0.3 is 12.1 Å². The number of carboxylic acid groups (broad SMARTS) is 1. The monoisotopic (exact) mass is 344 g/mol. The van der Waals surface area contributed by atoms with E-state index in [9.17, 15) is 27.9 Å². The lowest BCUT2D eigenvalue weighted by molar-refractivity contribution is -0.176. The molecule has 0 aliphatic heterocycles. The van der Waals surface area contributed by atoms with Gasteiger partial charge in [-0.2, -0.15) is 13.2 Å². The number of fused-ring (bicyclic) bond motifs is 1. The first kappa shape index (κ1) is 17.8. The van der Waals surface area contributed by atoms with E-state index in [2.05, 4.69) is 15.0 Å². The Bertz CT molecular complexity index is 727. The van der Waals surface area contributed by atoms with Crippen molar-refractivity contribution in [1.82, 2.24) is 10.3 Å². The Morgan fingerprint density at radius 2 is 2.00 bits per heavy atom. The highest BCUT2D eigenvalue weighted by molar-refractivity contribution is 5.87. The Morgan fingerprint density at radius 3 is 2.67 bits per heavy atom. The van der Waals surface area contributed by atoms with Crippen LogP contribution in [0.1, 0.15) is 5.56 Å². The van der Waals surface area contributed by atoms with Crippen LogP contribution in [-0.2, 0) is 20.7 Å². The molecule has 0 saturated heterocycles. The Morgan fingerprint density at radius 1 is 1.29 bits per heavy atom. The molecule has 24 heavy (non-hydrogen) atoms. The van der Waals surface area contributed by atoms with Crippen molar-refractivity contribution in [2.24, 2.45) is 0 Å². The highest BCUT2D eigenvalue weighted by Gasteiger charge is 2.28. The number of aliphatic carboxylic acids is 1. The number of rotatable bonds is 7. The second-order valence-electron chi connectivity index (χ2n) is 5.13. The summed E-state index contributed by atoms with van der Waals surface area (Å²) in [5, 5.41) is 12.2. The number of halogens is 3. The van der Waals surface area contributed by atoms with E-state index in [0.29, 0.717) is 5.56 Å². The van der Waals surface area contributed by atoms with Crippen molar-refractivity contribution in [3.05, 3.63) is 36.0 Å². The Labute approximate surface area is 134 Å². The lowest BCUT2D eigenvalue weighted by Gasteiger charge is -2.14. The van der Waals surface area contributed by atoms with Crippen LogP contribution in [0.2, 0.25) is 0 Å². The molecular formula is C15H15F3N2O4. The average Bonchev–Trinajstić information content (AvgIpc) is 2.88. The summed E-state index contributed by atoms with van der Waals surface area (Å²) in [6.07, 6.45) is -2.92. The molecule has 1 heterocycles. The number of ether oxygens (including phenoxy) is 1. The van der Waals surface area contributed by atoms with E-state index in [1.807, 2.05) is 12.1 Å². The zero-order valence-electron chi connectivity index (χ0n) is 12.4. The van der Waals surface area contributed by atoms with E-state index < -0.39 is 37.3 Å². The van der Waals surface area contributed by atoms with Gasteiger partial charge in [-0.25, -0.2) is 4.79 Å². The fourth-order valence-corrected chi connectivity index (χ4v) is 2.22. The third-order valence-electron chi connectivity index (χ3n) is 3.23. The van der Waals surface area contributed by atoms with Crippen LogP contribution >= 0.6 is 0 Å². The fourth-order valence-electron chi connectivity index (χ4n) is 2.22. The van der Waals surface area contributed by atoms with Crippen molar-refractivity contribution in [2.75, 3.05) is 13.2 Å². The van der Waals surface area contributed by atoms with Crippen molar-refractivity contribution >= 4 is 22.8 Å². The molecule has 0 saturated carbocycles. The van der Waals surface area contributed by atoms with Crippen LogP contribution in [-0.4, -0.2) is 47.4 Å². The number of H-pyrrole nitrogens is 1. The maximum Gasteiger partial charge on any atom is 0.411 e. The standard InChI is InChI=1S/C15H15F3N2O4/c16-15(17,18)8-24-7-13(21)20-12(14(22)23)5-9-6-19-11-4-2-1-3-10(9)11/h1-4,6,12,19H,5,7-8H2,(H,20,21)(H,22,23). The third-order valence-corrected chi connectivity index (χ3v) is 3.23. The van der Waals surface area contributed by atoms with Crippen molar-refractivity contribution in [3.8, 4) is 0 Å². The second-order valence-corrected chi connectivity index (χ2v) is 5.13. The molecule has 0 bridgehead atoms. The van der Waals surface area contributed by atoms with E-state index in [0.717, 1.165) is 10.9 Å². The number of aromatic amines is 1. The maximum absolute atomic E-state index is 11.9. The average molecular weight is 344 g/mol. The second kappa shape index (κ2) is 7.35. The molecule has 1 unspecified atom stereocenters. The molecule has 2 rings (SSSR count). The van der Waals surface area contributed by atoms with E-state index in [4.69, 9.17) is 0 Å². The van der Waals surface area contributed by atoms with Gasteiger partial charge in [-0.15, -0.1) is 0 Å². The summed E-state index contributed by atoms with van der Waals surface area (Å²) in [6.45, 7) is -2.43. The number of para-hydroxylation sites is 1. The Balaban J connectivity index is 1.97. The maximum atomic E-state index is 11.9. The van der Waals surface area contributed by atoms with Crippen LogP contribution in [0.5, 0.6) is 0 Å². The molecule has 0 fully saturated rings. The number of nitrogens with one attached hydrogen (secondary N) is 2. The molecule has 3 N–H and O–H groups in total. The molecule has 0 aliphatic rings. The predicted octanol–water partition coefficient (Wildman–Crippen LogP) is 1.86. The first-order valence-electron chi connectivity index (χ1n) is 6.98. The number of aromatic nitrogens is 1. The lowest BCUT2D eigenvalue weighted by atomic mass is 10.1. The molecular weight excluding hydrogens is 329 g/mol. The summed E-state index contributed by atoms with van der Waals surface area (Å²) < 4.78 is 40.0. The normalized spacial score (nSPS) is 13.0. The van der Waals surface area contributed by atoms with Crippen LogP contribution in [0.4, 0.5) is 13.2 Å². The topological polar surface area (TPSA) is 91.4 Å². The van der Waals surface area contributed by atoms with E-state index in [-0.39, 0.29) is 6.42 Å². The van der Waals surface area contributed by atoms with Gasteiger partial charge in [0, 0.05) is 23.5 Å². The zero-order valence-corrected chi connectivity index (χ0v) is 12.4. The number of hydrogen-bond acceptors (Lipinski definition) is 3. The minimum atomic E-state index is -4.55. The van der Waals surface area contributed by atoms with Crippen LogP contribution in [0.25, 0.3) is 10.9 Å². The lowest BCUT2D eigenvalue weighted by Crippen LogP contribution is -2.44. The first-order chi connectivity index (χ1) is 11.3. The largest absolute Gasteiger partial charge is 0.480 e. The number of hydrogen-bond donors (Lipinski definition) is 3. The van der Waals surface area contributed by atoms with Gasteiger partial charge in [0.15, 0.2) is 0 Å². The molecule has 0 aliphatic carbocycles. The van der Waals surface area contributed by atoms with Gasteiger partial charge in [0.1, 0.15) is 19.3 Å². The van der Waals surface area contributed by atoms with Crippen molar-refractivity contribution in [3.63, 3.8) is 0 Å². The van der Waals surface area contributed by atoms with Gasteiger partial charge in [-0.3, -0.25) is 4.79 Å². The predicted molar refractivity (Wildman–Crippen MR) is 78.4 cm³/mol. The van der Waals surface area contributed by atoms with E-state index in [1.165, 1.54) is 0 Å². The van der Waals surface area contributed by atoms with Crippen molar-refractivity contribution in [1.29, 1.82) is 0 Å². The van der Waals surface area contributed by atoms with Crippen LogP contribution in [0.3, 0.4) is 0 Å². The molecule has 1 aromatic heterocycles. The molecule has 130 valence electrons. The summed E-state index contributed by atoms with van der Waals surface area (Å²) in [4.78, 5) is 25.8. The number of amides is 1. The van der Waals surface area contributed by atoms with Gasteiger partial charge in [0.2, 0.25) is 5.91 Å². The minimum Gasteiger partial charge on any atom is -0.480 e. The molecule has 1 atom stereocenters. The summed E-state index contributed by atoms with van der Waals surface area (Å²) in [5.41, 5.74) is 1.49. The number of carboxylic acids is 1. The fraction of sp³-hybridized carbons (Fsp3) is 0.333. The molecule has 1 amide bonds. The molecule has 2 aromatic rings. The van der Waals surface area contributed by atoms with E-state index >= 15 is 0 Å². The molecule has 6 nitrogen and oxygen atoms in total. The van der Waals surface area contributed by atoms with Crippen LogP contribution in [0.15, 0.2) is 30.5 Å². The number of carbonyl (C=O) groups excluding carboxylic acids is 1. The first-order valence-corrected chi connectivity index (χ1v) is 6.98. The molecule has 1 aromatic carbocycles. The highest BCUT2D eigenvalue weighted by atomic mass is 19.4. The quantitative estimate of drug-likeness (QED) is 0.715. The van der Waals surface area contributed by atoms with Crippen LogP contribution in [0, 0.1) is 0 Å². The van der Waals surface area contributed by atoms with Crippen molar-refractivity contribution in [2.45, 2.75) is 18.6 Å². The summed E-state index contributed by atoms with van der Waals surface area (Å²) in [5.74, 6) is -2.21. The Kier molecular flexibility index (Phi) is 5.45. The Hall–Kier alpha value is -2.55. The van der Waals surface area contributed by atoms with Gasteiger partial charge in [0.05, 0.1) is 0 Å². The summed E-state index contributed by atoms with van der Waals surface area (Å²) in [7, 11) is 0. The summed E-state index contributed by atoms with van der Waals surface area (Å²) >= 11 is 0. The molecule has 0 radical (unpaired) electrons. The summed E-state index contributed by atoms with van der Waals surface area (Å²) in [6, 6.07) is 5.95. The molecule has 9 heteroatoms. The highest BCUT2D eigenvalue weighted by Crippen LogP contribution is 2.19. The zero-order chi connectivity index (χ0) is 17.7. The number of carbonyl (C=O) groups is 2. The third kappa shape index (κ3) is 4.98.